The van der Waals surface area contributed by atoms with Crippen molar-refractivity contribution in [1.82, 2.24) is 5.32 Å². The first-order valence-electron chi connectivity index (χ1n) is 2.51. The molecule has 2 nitrogen and oxygen atoms in total. The van der Waals surface area contributed by atoms with E-state index in [1.54, 1.807) is 7.05 Å². The van der Waals surface area contributed by atoms with E-state index in [-0.39, 0.29) is 57.3 Å². The van der Waals surface area contributed by atoms with Gasteiger partial charge in [0.15, 0.2) is 0 Å². The Hall–Kier alpha value is 1.11. The third-order valence-electron chi connectivity index (χ3n) is 0.756. The summed E-state index contributed by atoms with van der Waals surface area (Å²) in [7, 11) is 1.65. The summed E-state index contributed by atoms with van der Waals surface area (Å²) < 4.78 is 0. The van der Waals surface area contributed by atoms with Crippen molar-refractivity contribution in [3.05, 3.63) is 0 Å². The minimum absolute atomic E-state index is 0. The fourth-order valence-electron chi connectivity index (χ4n) is 0.352. The zero-order valence-electron chi connectivity index (χ0n) is 4.82. The van der Waals surface area contributed by atoms with Crippen molar-refractivity contribution >= 4 is 57.3 Å². The predicted molar refractivity (Wildman–Crippen MR) is 36.1 cm³/mol. The molecule has 0 aromatic heterocycles. The van der Waals surface area contributed by atoms with E-state index in [1.807, 2.05) is 6.92 Å². The molecule has 0 aliphatic carbocycles. The van der Waals surface area contributed by atoms with E-state index in [9.17, 15) is 4.79 Å². The molecule has 0 aromatic rings. The van der Waals surface area contributed by atoms with Gasteiger partial charge in [-0.3, -0.25) is 4.79 Å². The van der Waals surface area contributed by atoms with Crippen LogP contribution in [0.3, 0.4) is 0 Å². The third-order valence-corrected chi connectivity index (χ3v) is 0.756. The van der Waals surface area contributed by atoms with Gasteiger partial charge in [-0.05, 0) is 6.42 Å². The number of rotatable bonds is 2. The van der Waals surface area contributed by atoms with Crippen LogP contribution in [0.2, 0.25) is 0 Å². The van der Waals surface area contributed by atoms with Crippen LogP contribution in [0.4, 0.5) is 0 Å². The first-order chi connectivity index (χ1) is 3.31. The molecule has 0 rings (SSSR count). The maximum atomic E-state index is 10.3. The minimum atomic E-state index is 0. The standard InChI is InChI=1S/C5H11NO.K.H/c1-3-4-5(7)6-2;;/h3-4H2,1-2H3,(H,6,7);;. The van der Waals surface area contributed by atoms with Crippen molar-refractivity contribution < 1.29 is 4.79 Å². The van der Waals surface area contributed by atoms with Gasteiger partial charge in [-0.1, -0.05) is 6.92 Å². The first-order valence-corrected chi connectivity index (χ1v) is 2.51. The molecule has 0 spiro atoms. The zero-order chi connectivity index (χ0) is 5.70. The van der Waals surface area contributed by atoms with Crippen molar-refractivity contribution in [1.29, 1.82) is 0 Å². The molecule has 1 amide bonds. The van der Waals surface area contributed by atoms with Crippen LogP contribution in [-0.2, 0) is 4.79 Å². The molecular formula is C5H12KNO. The van der Waals surface area contributed by atoms with Gasteiger partial charge in [0.05, 0.1) is 0 Å². The van der Waals surface area contributed by atoms with Gasteiger partial charge in [0, 0.05) is 13.5 Å². The maximum absolute atomic E-state index is 10.3. The monoisotopic (exact) mass is 141 g/mol. The Kier molecular flexibility index (Phi) is 12.0. The van der Waals surface area contributed by atoms with Crippen molar-refractivity contribution in [3.63, 3.8) is 0 Å². The Morgan fingerprint density at radius 3 is 2.25 bits per heavy atom. The molecule has 0 heterocycles. The van der Waals surface area contributed by atoms with Crippen LogP contribution in [0.15, 0.2) is 0 Å². The van der Waals surface area contributed by atoms with Gasteiger partial charge in [-0.2, -0.15) is 0 Å². The SMILES string of the molecule is CCCC(=O)NC.[KH]. The number of amides is 1. The fraction of sp³-hybridized carbons (Fsp3) is 0.800. The van der Waals surface area contributed by atoms with Crippen LogP contribution in [0.1, 0.15) is 19.8 Å². The molecule has 0 bridgehead atoms. The second-order valence-corrected chi connectivity index (χ2v) is 1.42. The summed E-state index contributed by atoms with van der Waals surface area (Å²) in [5.74, 6) is 0.127. The number of carbonyl (C=O) groups excluding carboxylic acids is 1. The summed E-state index contributed by atoms with van der Waals surface area (Å²) in [6.45, 7) is 1.98. The second kappa shape index (κ2) is 8.11. The predicted octanol–water partition coefficient (Wildman–Crippen LogP) is -0.116. The molecule has 0 aromatic carbocycles. The summed E-state index contributed by atoms with van der Waals surface area (Å²) in [6.07, 6.45) is 1.58. The Bertz CT molecular complexity index is 65.4. The van der Waals surface area contributed by atoms with E-state index < -0.39 is 0 Å². The molecule has 0 atom stereocenters. The Morgan fingerprint density at radius 1 is 1.62 bits per heavy atom. The van der Waals surface area contributed by atoms with Crippen molar-refractivity contribution in [3.8, 4) is 0 Å². The second-order valence-electron chi connectivity index (χ2n) is 1.42. The molecule has 0 saturated heterocycles. The summed E-state index contributed by atoms with van der Waals surface area (Å²) in [6, 6.07) is 0. The van der Waals surface area contributed by atoms with E-state index in [0.717, 1.165) is 6.42 Å². The number of carbonyl (C=O) groups is 1. The Labute approximate surface area is 92.8 Å². The number of nitrogens with one attached hydrogen (secondary N) is 1. The van der Waals surface area contributed by atoms with Crippen LogP contribution in [0.25, 0.3) is 0 Å². The van der Waals surface area contributed by atoms with Gasteiger partial charge in [-0.15, -0.1) is 0 Å². The number of hydrogen-bond acceptors (Lipinski definition) is 1. The van der Waals surface area contributed by atoms with Gasteiger partial charge < -0.3 is 5.32 Å². The molecule has 0 radical (unpaired) electrons. The molecule has 1 N–H and O–H groups in total. The van der Waals surface area contributed by atoms with Crippen molar-refractivity contribution in [2.24, 2.45) is 0 Å². The van der Waals surface area contributed by atoms with Crippen molar-refractivity contribution in [2.45, 2.75) is 19.8 Å². The topological polar surface area (TPSA) is 29.1 Å². The normalized spacial score (nSPS) is 7.25. The fourth-order valence-corrected chi connectivity index (χ4v) is 0.352. The van der Waals surface area contributed by atoms with Crippen LogP contribution >= 0.6 is 0 Å². The van der Waals surface area contributed by atoms with E-state index in [1.165, 1.54) is 0 Å². The first kappa shape index (κ1) is 11.8. The molecule has 0 unspecified atom stereocenters. The summed E-state index contributed by atoms with van der Waals surface area (Å²) >= 11 is 0. The average Bonchev–Trinajstić information content (AvgIpc) is 1.68. The van der Waals surface area contributed by atoms with Gasteiger partial charge in [0.25, 0.3) is 0 Å². The van der Waals surface area contributed by atoms with Crippen LogP contribution in [0.5, 0.6) is 0 Å². The molecule has 8 heavy (non-hydrogen) atoms. The van der Waals surface area contributed by atoms with Gasteiger partial charge in [-0.25, -0.2) is 0 Å². The third kappa shape index (κ3) is 7.11. The van der Waals surface area contributed by atoms with Gasteiger partial charge in [0.1, 0.15) is 0 Å². The molecule has 0 aliphatic heterocycles. The van der Waals surface area contributed by atoms with Gasteiger partial charge >= 0.3 is 51.4 Å². The van der Waals surface area contributed by atoms with Crippen LogP contribution in [0, 0.1) is 0 Å². The van der Waals surface area contributed by atoms with E-state index >= 15 is 0 Å². The average molecular weight is 141 g/mol. The van der Waals surface area contributed by atoms with E-state index in [2.05, 4.69) is 5.32 Å². The zero-order valence-corrected chi connectivity index (χ0v) is 4.82. The van der Waals surface area contributed by atoms with Crippen molar-refractivity contribution in [2.75, 3.05) is 7.05 Å². The molecule has 0 saturated carbocycles. The molecule has 0 aliphatic rings. The molecule has 44 valence electrons. The van der Waals surface area contributed by atoms with E-state index in [4.69, 9.17) is 0 Å². The van der Waals surface area contributed by atoms with Gasteiger partial charge in [0.2, 0.25) is 5.91 Å². The Morgan fingerprint density at radius 2 is 2.12 bits per heavy atom. The summed E-state index contributed by atoms with van der Waals surface area (Å²) in [4.78, 5) is 10.3. The number of hydrogen-bond donors (Lipinski definition) is 1. The molecule has 3 heteroatoms. The van der Waals surface area contributed by atoms with Crippen LogP contribution < -0.4 is 5.32 Å². The molecule has 0 fully saturated rings. The quantitative estimate of drug-likeness (QED) is 0.534. The Balaban J connectivity index is 0. The van der Waals surface area contributed by atoms with E-state index in [0.29, 0.717) is 6.42 Å². The van der Waals surface area contributed by atoms with Crippen LogP contribution in [-0.4, -0.2) is 64.3 Å². The molecular weight excluding hydrogens is 129 g/mol. The summed E-state index contributed by atoms with van der Waals surface area (Å²) in [5, 5.41) is 2.53. The summed E-state index contributed by atoms with van der Waals surface area (Å²) in [5.41, 5.74) is 0.